The third-order valence-corrected chi connectivity index (χ3v) is 6.13. The van der Waals surface area contributed by atoms with Crippen molar-refractivity contribution in [3.63, 3.8) is 0 Å². The molecule has 0 aliphatic carbocycles. The molecule has 0 saturated heterocycles. The van der Waals surface area contributed by atoms with Gasteiger partial charge in [-0.2, -0.15) is 0 Å². The lowest BCUT2D eigenvalue weighted by Gasteiger charge is -2.39. The first kappa shape index (κ1) is 19.4. The molecule has 1 unspecified atom stereocenters. The van der Waals surface area contributed by atoms with Gasteiger partial charge in [-0.25, -0.2) is 4.39 Å². The Morgan fingerprint density at radius 2 is 1.52 bits per heavy atom. The molecule has 154 valence electrons. The minimum atomic E-state index is -0.223. The standard InChI is InChI=1S/C28H24FNO/c29-24-10-12-25(13-11-24)30-17-16-23-19-26(31)14-15-27(23)28(30)18-20-6-8-22(9-7-20)21-4-2-1-3-5-21/h1-15,19,28,31H,16-18H2. The molecule has 0 spiro atoms. The molecule has 1 heterocycles. The molecule has 1 atom stereocenters. The number of nitrogens with zero attached hydrogens (tertiary/aromatic N) is 1. The molecule has 0 fully saturated rings. The van der Waals surface area contributed by atoms with E-state index in [4.69, 9.17) is 0 Å². The van der Waals surface area contributed by atoms with Crippen molar-refractivity contribution in [2.45, 2.75) is 18.9 Å². The van der Waals surface area contributed by atoms with Crippen LogP contribution in [-0.4, -0.2) is 11.7 Å². The Kier molecular flexibility index (Phi) is 5.17. The second-order valence-corrected chi connectivity index (χ2v) is 8.09. The fourth-order valence-corrected chi connectivity index (χ4v) is 4.55. The molecule has 2 nitrogen and oxygen atoms in total. The molecule has 4 aromatic rings. The predicted octanol–water partition coefficient (Wildman–Crippen LogP) is 6.54. The van der Waals surface area contributed by atoms with Crippen LogP contribution in [0.25, 0.3) is 11.1 Å². The number of rotatable bonds is 4. The van der Waals surface area contributed by atoms with Crippen molar-refractivity contribution in [1.29, 1.82) is 0 Å². The molecule has 0 amide bonds. The van der Waals surface area contributed by atoms with Crippen LogP contribution in [0.5, 0.6) is 5.75 Å². The summed E-state index contributed by atoms with van der Waals surface area (Å²) in [6.45, 7) is 0.828. The first-order valence-electron chi connectivity index (χ1n) is 10.7. The van der Waals surface area contributed by atoms with E-state index in [1.165, 1.54) is 39.9 Å². The summed E-state index contributed by atoms with van der Waals surface area (Å²) in [4.78, 5) is 2.35. The lowest BCUT2D eigenvalue weighted by atomic mass is 9.87. The Bertz CT molecular complexity index is 1170. The predicted molar refractivity (Wildman–Crippen MR) is 124 cm³/mol. The average Bonchev–Trinajstić information content (AvgIpc) is 2.81. The number of halogens is 1. The van der Waals surface area contributed by atoms with E-state index in [2.05, 4.69) is 53.4 Å². The van der Waals surface area contributed by atoms with Crippen LogP contribution in [0.2, 0.25) is 0 Å². The third-order valence-electron chi connectivity index (χ3n) is 6.13. The zero-order valence-corrected chi connectivity index (χ0v) is 17.2. The molecule has 0 bridgehead atoms. The van der Waals surface area contributed by atoms with Crippen molar-refractivity contribution in [2.24, 2.45) is 0 Å². The molecule has 1 aliphatic heterocycles. The highest BCUT2D eigenvalue weighted by Gasteiger charge is 2.28. The summed E-state index contributed by atoms with van der Waals surface area (Å²) in [5.74, 6) is 0.0825. The molecule has 5 rings (SSSR count). The average molecular weight is 410 g/mol. The molecule has 4 aromatic carbocycles. The summed E-state index contributed by atoms with van der Waals surface area (Å²) in [7, 11) is 0. The lowest BCUT2D eigenvalue weighted by Crippen LogP contribution is -2.36. The number of hydrogen-bond acceptors (Lipinski definition) is 2. The smallest absolute Gasteiger partial charge is 0.123 e. The van der Waals surface area contributed by atoms with Gasteiger partial charge in [-0.05, 0) is 77.1 Å². The summed E-state index contributed by atoms with van der Waals surface area (Å²) >= 11 is 0. The van der Waals surface area contributed by atoms with Gasteiger partial charge in [0.25, 0.3) is 0 Å². The van der Waals surface area contributed by atoms with Crippen molar-refractivity contribution < 1.29 is 9.50 Å². The highest BCUT2D eigenvalue weighted by molar-refractivity contribution is 5.63. The van der Waals surface area contributed by atoms with Crippen LogP contribution in [0, 0.1) is 5.82 Å². The maximum Gasteiger partial charge on any atom is 0.123 e. The van der Waals surface area contributed by atoms with Crippen LogP contribution in [0.3, 0.4) is 0 Å². The van der Waals surface area contributed by atoms with E-state index in [-0.39, 0.29) is 11.9 Å². The van der Waals surface area contributed by atoms with Gasteiger partial charge in [0.1, 0.15) is 11.6 Å². The number of phenolic OH excluding ortho intramolecular Hbond substituents is 1. The highest BCUT2D eigenvalue weighted by Crippen LogP contribution is 2.37. The van der Waals surface area contributed by atoms with Crippen LogP contribution in [0.15, 0.2) is 97.1 Å². The van der Waals surface area contributed by atoms with E-state index < -0.39 is 0 Å². The summed E-state index contributed by atoms with van der Waals surface area (Å²) in [5, 5.41) is 9.96. The maximum absolute atomic E-state index is 13.5. The molecule has 1 aliphatic rings. The summed E-state index contributed by atoms with van der Waals surface area (Å²) in [6, 6.07) is 31.7. The Morgan fingerprint density at radius 1 is 0.806 bits per heavy atom. The third kappa shape index (κ3) is 4.04. The van der Waals surface area contributed by atoms with Gasteiger partial charge in [0.15, 0.2) is 0 Å². The van der Waals surface area contributed by atoms with E-state index in [1.807, 2.05) is 30.3 Å². The molecule has 31 heavy (non-hydrogen) atoms. The van der Waals surface area contributed by atoms with Crippen molar-refractivity contribution in [3.8, 4) is 16.9 Å². The second-order valence-electron chi connectivity index (χ2n) is 8.09. The summed E-state index contributed by atoms with van der Waals surface area (Å²) in [6.07, 6.45) is 1.69. The van der Waals surface area contributed by atoms with Crippen LogP contribution >= 0.6 is 0 Å². The molecule has 3 heteroatoms. The van der Waals surface area contributed by atoms with Gasteiger partial charge < -0.3 is 10.0 Å². The summed E-state index contributed by atoms with van der Waals surface area (Å²) in [5.41, 5.74) is 7.09. The van der Waals surface area contributed by atoms with Gasteiger partial charge in [0, 0.05) is 12.2 Å². The number of benzene rings is 4. The highest BCUT2D eigenvalue weighted by atomic mass is 19.1. The minimum Gasteiger partial charge on any atom is -0.508 e. The van der Waals surface area contributed by atoms with Gasteiger partial charge in [0.05, 0.1) is 6.04 Å². The van der Waals surface area contributed by atoms with Gasteiger partial charge in [-0.1, -0.05) is 60.7 Å². The van der Waals surface area contributed by atoms with Crippen molar-refractivity contribution >= 4 is 5.69 Å². The van der Waals surface area contributed by atoms with Gasteiger partial charge >= 0.3 is 0 Å². The Balaban J connectivity index is 1.48. The van der Waals surface area contributed by atoms with Gasteiger partial charge in [-0.15, -0.1) is 0 Å². The second kappa shape index (κ2) is 8.27. The number of anilines is 1. The molecule has 1 N–H and O–H groups in total. The zero-order valence-electron chi connectivity index (χ0n) is 17.2. The number of phenols is 1. The van der Waals surface area contributed by atoms with Crippen LogP contribution < -0.4 is 4.90 Å². The SMILES string of the molecule is Oc1ccc2c(c1)CCN(c1ccc(F)cc1)C2Cc1ccc(-c2ccccc2)cc1. The maximum atomic E-state index is 13.5. The molecule has 0 saturated carbocycles. The zero-order chi connectivity index (χ0) is 21.2. The van der Waals surface area contributed by atoms with Crippen LogP contribution in [0.4, 0.5) is 10.1 Å². The van der Waals surface area contributed by atoms with Crippen molar-refractivity contribution in [2.75, 3.05) is 11.4 Å². The quantitative estimate of drug-likeness (QED) is 0.413. The number of hydrogen-bond donors (Lipinski definition) is 1. The normalized spacial score (nSPS) is 15.5. The van der Waals surface area contributed by atoms with E-state index in [1.54, 1.807) is 6.07 Å². The topological polar surface area (TPSA) is 23.5 Å². The fourth-order valence-electron chi connectivity index (χ4n) is 4.55. The van der Waals surface area contributed by atoms with Crippen molar-refractivity contribution in [3.05, 3.63) is 120 Å². The van der Waals surface area contributed by atoms with Crippen molar-refractivity contribution in [1.82, 2.24) is 0 Å². The Hall–Kier alpha value is -3.59. The Labute approximate surface area is 182 Å². The molecular weight excluding hydrogens is 385 g/mol. The Morgan fingerprint density at radius 3 is 2.26 bits per heavy atom. The lowest BCUT2D eigenvalue weighted by molar-refractivity contribution is 0.472. The number of aromatic hydroxyl groups is 1. The van der Waals surface area contributed by atoms with E-state index >= 15 is 0 Å². The number of fused-ring (bicyclic) bond motifs is 1. The van der Waals surface area contributed by atoms with E-state index in [0.29, 0.717) is 5.75 Å². The van der Waals surface area contributed by atoms with E-state index in [9.17, 15) is 9.50 Å². The van der Waals surface area contributed by atoms with Crippen LogP contribution in [0.1, 0.15) is 22.7 Å². The molecular formula is C28H24FNO. The monoisotopic (exact) mass is 409 g/mol. The van der Waals surface area contributed by atoms with Gasteiger partial charge in [0.2, 0.25) is 0 Å². The first-order chi connectivity index (χ1) is 15.2. The van der Waals surface area contributed by atoms with Crippen LogP contribution in [-0.2, 0) is 12.8 Å². The minimum absolute atomic E-state index is 0.123. The van der Waals surface area contributed by atoms with E-state index in [0.717, 1.165) is 25.1 Å². The summed E-state index contributed by atoms with van der Waals surface area (Å²) < 4.78 is 13.5. The fraction of sp³-hybridized carbons (Fsp3) is 0.143. The molecule has 0 aromatic heterocycles. The first-order valence-corrected chi connectivity index (χ1v) is 10.7. The largest absolute Gasteiger partial charge is 0.508 e. The molecule has 0 radical (unpaired) electrons. The van der Waals surface area contributed by atoms with Gasteiger partial charge in [-0.3, -0.25) is 0 Å².